The highest BCUT2D eigenvalue weighted by atomic mass is 32.1. The lowest BCUT2D eigenvalue weighted by molar-refractivity contribution is 0.0837. The lowest BCUT2D eigenvalue weighted by Crippen LogP contribution is -2.33. The van der Waals surface area contributed by atoms with Crippen LogP contribution in [0.1, 0.15) is 27.9 Å². The van der Waals surface area contributed by atoms with E-state index in [0.717, 1.165) is 34.1 Å². The van der Waals surface area contributed by atoms with Crippen molar-refractivity contribution in [2.75, 3.05) is 20.8 Å². The largest absolute Gasteiger partial charge is 0.496 e. The Bertz CT molecular complexity index is 671. The van der Waals surface area contributed by atoms with Crippen LogP contribution in [0.15, 0.2) is 17.5 Å². The zero-order chi connectivity index (χ0) is 15.7. The number of thiazole rings is 1. The van der Waals surface area contributed by atoms with Crippen LogP contribution in [0, 0.1) is 6.92 Å². The van der Waals surface area contributed by atoms with Crippen LogP contribution in [0.5, 0.6) is 11.5 Å². The van der Waals surface area contributed by atoms with Crippen LogP contribution in [-0.2, 0) is 13.1 Å². The molecule has 0 fully saturated rings. The molecule has 22 heavy (non-hydrogen) atoms. The van der Waals surface area contributed by atoms with Gasteiger partial charge in [0.1, 0.15) is 11.5 Å². The van der Waals surface area contributed by atoms with Crippen LogP contribution in [0.4, 0.5) is 0 Å². The van der Waals surface area contributed by atoms with Crippen LogP contribution in [0.25, 0.3) is 0 Å². The average Bonchev–Trinajstić information content (AvgIpc) is 2.91. The van der Waals surface area contributed by atoms with E-state index in [0.29, 0.717) is 18.8 Å². The van der Waals surface area contributed by atoms with E-state index in [1.54, 1.807) is 25.6 Å². The van der Waals surface area contributed by atoms with Gasteiger partial charge in [0.05, 0.1) is 31.0 Å². The molecule has 6 heteroatoms. The number of ether oxygens (including phenoxy) is 2. The van der Waals surface area contributed by atoms with Gasteiger partial charge in [0, 0.05) is 36.1 Å². The van der Waals surface area contributed by atoms with Gasteiger partial charge in [-0.05, 0) is 19.1 Å². The standard InChI is InChI=1S/C16H20N2O3S/c1-10-17-11(9-22-10)6-18-7-12-14(20-2)4-5-15(21-3)16(12)13(19)8-18/h4-5,9,13,19H,6-8H2,1-3H3. The van der Waals surface area contributed by atoms with Crippen molar-refractivity contribution in [3.63, 3.8) is 0 Å². The first-order valence-corrected chi connectivity index (χ1v) is 8.05. The van der Waals surface area contributed by atoms with Crippen LogP contribution in [-0.4, -0.2) is 35.8 Å². The maximum absolute atomic E-state index is 10.6. The molecule has 2 heterocycles. The quantitative estimate of drug-likeness (QED) is 0.938. The van der Waals surface area contributed by atoms with E-state index < -0.39 is 6.10 Å². The average molecular weight is 320 g/mol. The fourth-order valence-electron chi connectivity index (χ4n) is 2.98. The SMILES string of the molecule is COc1ccc(OC)c2c1CN(Cc1csc(C)n1)CC2O. The van der Waals surface area contributed by atoms with Crippen molar-refractivity contribution >= 4 is 11.3 Å². The van der Waals surface area contributed by atoms with E-state index in [2.05, 4.69) is 15.3 Å². The van der Waals surface area contributed by atoms with E-state index in [1.807, 2.05) is 19.1 Å². The summed E-state index contributed by atoms with van der Waals surface area (Å²) >= 11 is 1.65. The van der Waals surface area contributed by atoms with Crippen LogP contribution < -0.4 is 9.47 Å². The molecule has 0 radical (unpaired) electrons. The molecule has 0 amide bonds. The number of methoxy groups -OCH3 is 2. The number of aromatic nitrogens is 1. The summed E-state index contributed by atoms with van der Waals surface area (Å²) in [4.78, 5) is 6.69. The number of aliphatic hydroxyl groups excluding tert-OH is 1. The molecule has 1 atom stereocenters. The predicted molar refractivity (Wildman–Crippen MR) is 85.5 cm³/mol. The number of aliphatic hydroxyl groups is 1. The normalized spacial score (nSPS) is 18.1. The van der Waals surface area contributed by atoms with Gasteiger partial charge in [0.2, 0.25) is 0 Å². The zero-order valence-electron chi connectivity index (χ0n) is 13.0. The zero-order valence-corrected chi connectivity index (χ0v) is 13.8. The molecule has 1 aromatic carbocycles. The predicted octanol–water partition coefficient (Wildman–Crippen LogP) is 2.52. The van der Waals surface area contributed by atoms with Gasteiger partial charge in [-0.15, -0.1) is 11.3 Å². The molecular formula is C16H20N2O3S. The lowest BCUT2D eigenvalue weighted by Gasteiger charge is -2.33. The number of nitrogens with zero attached hydrogens (tertiary/aromatic N) is 2. The van der Waals surface area contributed by atoms with Gasteiger partial charge in [-0.2, -0.15) is 0 Å². The topological polar surface area (TPSA) is 54.8 Å². The van der Waals surface area contributed by atoms with E-state index in [4.69, 9.17) is 9.47 Å². The van der Waals surface area contributed by atoms with Gasteiger partial charge < -0.3 is 14.6 Å². The summed E-state index contributed by atoms with van der Waals surface area (Å²) in [6.07, 6.45) is -0.589. The van der Waals surface area contributed by atoms with Gasteiger partial charge in [0.15, 0.2) is 0 Å². The Balaban J connectivity index is 1.90. The smallest absolute Gasteiger partial charge is 0.125 e. The second-order valence-electron chi connectivity index (χ2n) is 5.41. The molecule has 1 unspecified atom stereocenters. The molecule has 2 aromatic rings. The van der Waals surface area contributed by atoms with Gasteiger partial charge >= 0.3 is 0 Å². The summed E-state index contributed by atoms with van der Waals surface area (Å²) < 4.78 is 10.9. The lowest BCUT2D eigenvalue weighted by atomic mass is 9.95. The Morgan fingerprint density at radius 1 is 1.32 bits per heavy atom. The number of hydrogen-bond acceptors (Lipinski definition) is 6. The highest BCUT2D eigenvalue weighted by Gasteiger charge is 2.29. The molecule has 0 aliphatic carbocycles. The maximum Gasteiger partial charge on any atom is 0.125 e. The Hall–Kier alpha value is -1.63. The molecular weight excluding hydrogens is 300 g/mol. The first-order chi connectivity index (χ1) is 10.6. The van der Waals surface area contributed by atoms with Crippen molar-refractivity contribution in [3.8, 4) is 11.5 Å². The van der Waals surface area contributed by atoms with Crippen molar-refractivity contribution in [3.05, 3.63) is 39.3 Å². The maximum atomic E-state index is 10.6. The highest BCUT2D eigenvalue weighted by Crippen LogP contribution is 2.39. The Kier molecular flexibility index (Phi) is 4.33. The molecule has 1 aliphatic heterocycles. The Morgan fingerprint density at radius 2 is 2.05 bits per heavy atom. The summed E-state index contributed by atoms with van der Waals surface area (Å²) in [6.45, 7) is 4.00. The van der Waals surface area contributed by atoms with Crippen molar-refractivity contribution in [2.24, 2.45) is 0 Å². The van der Waals surface area contributed by atoms with Crippen LogP contribution in [0.3, 0.4) is 0 Å². The van der Waals surface area contributed by atoms with Gasteiger partial charge in [-0.1, -0.05) is 0 Å². The number of fused-ring (bicyclic) bond motifs is 1. The molecule has 0 saturated heterocycles. The molecule has 1 N–H and O–H groups in total. The van der Waals surface area contributed by atoms with Crippen molar-refractivity contribution in [1.29, 1.82) is 0 Å². The van der Waals surface area contributed by atoms with E-state index in [1.165, 1.54) is 0 Å². The van der Waals surface area contributed by atoms with Crippen LogP contribution in [0.2, 0.25) is 0 Å². The van der Waals surface area contributed by atoms with E-state index in [9.17, 15) is 5.11 Å². The summed E-state index contributed by atoms with van der Waals surface area (Å²) in [7, 11) is 3.27. The second kappa shape index (κ2) is 6.24. The fourth-order valence-corrected chi connectivity index (χ4v) is 3.58. The number of β-amino-alcohol motifs (C(OH)–C–C–N with tert-alkyl or cyclic N) is 1. The minimum Gasteiger partial charge on any atom is -0.496 e. The van der Waals surface area contributed by atoms with Gasteiger partial charge in [-0.25, -0.2) is 4.98 Å². The third kappa shape index (κ3) is 2.82. The minimum atomic E-state index is -0.589. The van der Waals surface area contributed by atoms with Crippen molar-refractivity contribution in [1.82, 2.24) is 9.88 Å². The van der Waals surface area contributed by atoms with Gasteiger partial charge in [0.25, 0.3) is 0 Å². The van der Waals surface area contributed by atoms with Crippen LogP contribution >= 0.6 is 11.3 Å². The summed E-state index contributed by atoms with van der Waals surface area (Å²) in [5, 5.41) is 13.7. The fraction of sp³-hybridized carbons (Fsp3) is 0.438. The summed E-state index contributed by atoms with van der Waals surface area (Å²) in [5.74, 6) is 1.50. The number of benzene rings is 1. The monoisotopic (exact) mass is 320 g/mol. The molecule has 1 aliphatic rings. The molecule has 1 aromatic heterocycles. The van der Waals surface area contributed by atoms with Crippen molar-refractivity contribution < 1.29 is 14.6 Å². The third-order valence-electron chi connectivity index (χ3n) is 3.91. The minimum absolute atomic E-state index is 0.563. The Morgan fingerprint density at radius 3 is 2.68 bits per heavy atom. The van der Waals surface area contributed by atoms with E-state index in [-0.39, 0.29) is 0 Å². The molecule has 0 saturated carbocycles. The number of hydrogen-bond donors (Lipinski definition) is 1. The Labute approximate surface area is 134 Å². The summed E-state index contributed by atoms with van der Waals surface area (Å²) in [6, 6.07) is 3.74. The van der Waals surface area contributed by atoms with Gasteiger partial charge in [-0.3, -0.25) is 4.90 Å². The second-order valence-corrected chi connectivity index (χ2v) is 6.47. The molecule has 5 nitrogen and oxygen atoms in total. The molecule has 118 valence electrons. The third-order valence-corrected chi connectivity index (χ3v) is 4.73. The van der Waals surface area contributed by atoms with Crippen molar-refractivity contribution in [2.45, 2.75) is 26.1 Å². The number of rotatable bonds is 4. The first-order valence-electron chi connectivity index (χ1n) is 7.17. The van der Waals surface area contributed by atoms with E-state index >= 15 is 0 Å². The first kappa shape index (κ1) is 15.3. The summed E-state index contributed by atoms with van der Waals surface area (Å²) in [5.41, 5.74) is 2.88. The molecule has 0 spiro atoms. The molecule has 3 rings (SSSR count). The highest BCUT2D eigenvalue weighted by molar-refractivity contribution is 7.09. The number of aryl methyl sites for hydroxylation is 1. The molecule has 0 bridgehead atoms.